The van der Waals surface area contributed by atoms with E-state index >= 15 is 0 Å². The Morgan fingerprint density at radius 1 is 1.28 bits per heavy atom. The van der Waals surface area contributed by atoms with Gasteiger partial charge in [-0.25, -0.2) is 0 Å². The van der Waals surface area contributed by atoms with Crippen LogP contribution in [0.2, 0.25) is 0 Å². The number of hydrogen-bond acceptors (Lipinski definition) is 3. The minimum atomic E-state index is -0.405. The van der Waals surface area contributed by atoms with Crippen LogP contribution in [0.25, 0.3) is 10.4 Å². The number of ether oxygens (including phenoxy) is 1. The lowest BCUT2D eigenvalue weighted by atomic mass is 9.92. The molecule has 0 fully saturated rings. The van der Waals surface area contributed by atoms with Gasteiger partial charge in [-0.2, -0.15) is 0 Å². The summed E-state index contributed by atoms with van der Waals surface area (Å²) in [6.07, 6.45) is 0.443. The van der Waals surface area contributed by atoms with Crippen molar-refractivity contribution in [2.75, 3.05) is 0 Å². The summed E-state index contributed by atoms with van der Waals surface area (Å²) in [5, 5.41) is 2.05. The first kappa shape index (κ1) is 11.5. The van der Waals surface area contributed by atoms with Crippen molar-refractivity contribution in [1.29, 1.82) is 0 Å². The smallest absolute Gasteiger partial charge is 0.170 e. The maximum Gasteiger partial charge on any atom is 0.170 e. The van der Waals surface area contributed by atoms with Crippen molar-refractivity contribution in [2.45, 2.75) is 25.9 Å². The van der Waals surface area contributed by atoms with Crippen LogP contribution >= 0.6 is 11.3 Å². The van der Waals surface area contributed by atoms with Crippen molar-refractivity contribution in [3.05, 3.63) is 41.3 Å². The highest BCUT2D eigenvalue weighted by Gasteiger charge is 2.32. The van der Waals surface area contributed by atoms with Crippen molar-refractivity contribution >= 4 is 17.1 Å². The van der Waals surface area contributed by atoms with Gasteiger partial charge in [0.25, 0.3) is 0 Å². The van der Waals surface area contributed by atoms with Gasteiger partial charge in [-0.1, -0.05) is 12.1 Å². The van der Waals surface area contributed by atoms with Gasteiger partial charge in [0.1, 0.15) is 11.4 Å². The van der Waals surface area contributed by atoms with E-state index in [0.29, 0.717) is 17.7 Å². The molecule has 1 aromatic carbocycles. The standard InChI is InChI=1S/C15H14O2S/c1-15(2)9-12(16)11-6-5-10(8-13(11)17-15)14-4-3-7-18-14/h3-8H,9H2,1-2H3. The normalized spacial score (nSPS) is 17.1. The van der Waals surface area contributed by atoms with Gasteiger partial charge >= 0.3 is 0 Å². The molecular formula is C15H14O2S. The monoisotopic (exact) mass is 258 g/mol. The highest BCUT2D eigenvalue weighted by Crippen LogP contribution is 2.36. The summed E-state index contributed by atoms with van der Waals surface area (Å²) >= 11 is 1.69. The molecule has 2 aromatic rings. The molecule has 0 N–H and O–H groups in total. The third kappa shape index (κ3) is 1.95. The molecule has 3 rings (SSSR count). The minimum absolute atomic E-state index is 0.166. The fraction of sp³-hybridized carbons (Fsp3) is 0.267. The first-order chi connectivity index (χ1) is 8.55. The van der Waals surface area contributed by atoms with Crippen LogP contribution in [-0.4, -0.2) is 11.4 Å². The number of benzene rings is 1. The van der Waals surface area contributed by atoms with E-state index in [1.54, 1.807) is 11.3 Å². The molecular weight excluding hydrogens is 244 g/mol. The number of hydrogen-bond donors (Lipinski definition) is 0. The average molecular weight is 258 g/mol. The van der Waals surface area contributed by atoms with E-state index in [-0.39, 0.29) is 5.78 Å². The summed E-state index contributed by atoms with van der Waals surface area (Å²) in [6, 6.07) is 9.93. The molecule has 18 heavy (non-hydrogen) atoms. The van der Waals surface area contributed by atoms with Gasteiger partial charge in [0.2, 0.25) is 0 Å². The first-order valence-electron chi connectivity index (χ1n) is 5.95. The number of fused-ring (bicyclic) bond motifs is 1. The molecule has 92 valence electrons. The minimum Gasteiger partial charge on any atom is -0.487 e. The van der Waals surface area contributed by atoms with E-state index in [2.05, 4.69) is 6.07 Å². The molecule has 0 radical (unpaired) electrons. The highest BCUT2D eigenvalue weighted by atomic mass is 32.1. The van der Waals surface area contributed by atoms with Gasteiger partial charge in [0.05, 0.1) is 12.0 Å². The largest absolute Gasteiger partial charge is 0.487 e. The van der Waals surface area contributed by atoms with E-state index in [9.17, 15) is 4.79 Å². The predicted octanol–water partition coefficient (Wildman–Crippen LogP) is 4.16. The zero-order chi connectivity index (χ0) is 12.8. The van der Waals surface area contributed by atoms with Crippen LogP contribution in [-0.2, 0) is 0 Å². The van der Waals surface area contributed by atoms with Crippen LogP contribution in [0, 0.1) is 0 Å². The van der Waals surface area contributed by atoms with Crippen LogP contribution in [0.1, 0.15) is 30.6 Å². The summed E-state index contributed by atoms with van der Waals surface area (Å²) in [7, 11) is 0. The molecule has 2 heterocycles. The Hall–Kier alpha value is -1.61. The Bertz CT molecular complexity index is 597. The Balaban J connectivity index is 2.08. The summed E-state index contributed by atoms with van der Waals surface area (Å²) in [5.74, 6) is 0.876. The van der Waals surface area contributed by atoms with Gasteiger partial charge < -0.3 is 4.74 Å². The van der Waals surface area contributed by atoms with Crippen LogP contribution in [0.4, 0.5) is 0 Å². The second kappa shape index (κ2) is 3.95. The van der Waals surface area contributed by atoms with E-state index in [1.165, 1.54) is 4.88 Å². The number of carbonyl (C=O) groups is 1. The molecule has 0 amide bonds. The molecule has 1 aromatic heterocycles. The third-order valence-corrected chi connectivity index (χ3v) is 3.98. The molecule has 0 saturated carbocycles. The van der Waals surface area contributed by atoms with Crippen molar-refractivity contribution in [3.8, 4) is 16.2 Å². The fourth-order valence-electron chi connectivity index (χ4n) is 2.25. The van der Waals surface area contributed by atoms with E-state index in [4.69, 9.17) is 4.74 Å². The van der Waals surface area contributed by atoms with Crippen molar-refractivity contribution in [1.82, 2.24) is 0 Å². The SMILES string of the molecule is CC1(C)CC(=O)c2ccc(-c3cccs3)cc2O1. The lowest BCUT2D eigenvalue weighted by Gasteiger charge is -2.31. The molecule has 0 spiro atoms. The molecule has 0 atom stereocenters. The average Bonchev–Trinajstić information content (AvgIpc) is 2.79. The number of carbonyl (C=O) groups excluding carboxylic acids is 1. The number of thiophene rings is 1. The number of ketones is 1. The van der Waals surface area contributed by atoms with Gasteiger partial charge in [0.15, 0.2) is 5.78 Å². The summed E-state index contributed by atoms with van der Waals surface area (Å²) < 4.78 is 5.91. The second-order valence-electron chi connectivity index (χ2n) is 5.15. The van der Waals surface area contributed by atoms with Crippen LogP contribution in [0.5, 0.6) is 5.75 Å². The second-order valence-corrected chi connectivity index (χ2v) is 6.10. The molecule has 3 heteroatoms. The van der Waals surface area contributed by atoms with Gasteiger partial charge in [-0.3, -0.25) is 4.79 Å². The zero-order valence-electron chi connectivity index (χ0n) is 10.4. The van der Waals surface area contributed by atoms with Gasteiger partial charge in [-0.15, -0.1) is 11.3 Å². The molecule has 0 saturated heterocycles. The number of Topliss-reactive ketones (excluding diaryl/α,β-unsaturated/α-hetero) is 1. The molecule has 0 bridgehead atoms. The highest BCUT2D eigenvalue weighted by molar-refractivity contribution is 7.13. The van der Waals surface area contributed by atoms with E-state index in [0.717, 1.165) is 5.56 Å². The van der Waals surface area contributed by atoms with Crippen molar-refractivity contribution in [2.24, 2.45) is 0 Å². The lowest BCUT2D eigenvalue weighted by Crippen LogP contribution is -2.35. The van der Waals surface area contributed by atoms with E-state index in [1.807, 2.05) is 43.5 Å². The Morgan fingerprint density at radius 2 is 2.11 bits per heavy atom. The van der Waals surface area contributed by atoms with Crippen LogP contribution in [0.15, 0.2) is 35.7 Å². The summed E-state index contributed by atoms with van der Waals surface area (Å²) in [4.78, 5) is 13.2. The maximum atomic E-state index is 12.0. The lowest BCUT2D eigenvalue weighted by molar-refractivity contribution is 0.0620. The zero-order valence-corrected chi connectivity index (χ0v) is 11.2. The topological polar surface area (TPSA) is 26.3 Å². The molecule has 1 aliphatic rings. The molecule has 0 unspecified atom stereocenters. The predicted molar refractivity (Wildman–Crippen MR) is 73.4 cm³/mol. The van der Waals surface area contributed by atoms with Crippen LogP contribution in [0.3, 0.4) is 0 Å². The van der Waals surface area contributed by atoms with E-state index < -0.39 is 5.60 Å². The van der Waals surface area contributed by atoms with Crippen molar-refractivity contribution in [3.63, 3.8) is 0 Å². The summed E-state index contributed by atoms with van der Waals surface area (Å²) in [6.45, 7) is 3.90. The van der Waals surface area contributed by atoms with Gasteiger partial charge in [0, 0.05) is 4.88 Å². The van der Waals surface area contributed by atoms with Crippen molar-refractivity contribution < 1.29 is 9.53 Å². The van der Waals surface area contributed by atoms with Gasteiger partial charge in [-0.05, 0) is 43.0 Å². The maximum absolute atomic E-state index is 12.0. The first-order valence-corrected chi connectivity index (χ1v) is 6.83. The molecule has 1 aliphatic heterocycles. The molecule has 2 nitrogen and oxygen atoms in total. The fourth-order valence-corrected chi connectivity index (χ4v) is 2.97. The van der Waals surface area contributed by atoms with Crippen LogP contribution < -0.4 is 4.74 Å². The molecule has 0 aliphatic carbocycles. The third-order valence-electron chi connectivity index (χ3n) is 3.06. The Kier molecular flexibility index (Phi) is 2.52. The Labute approximate surface area is 110 Å². The summed E-state index contributed by atoms with van der Waals surface area (Å²) in [5.41, 5.74) is 1.40. The quantitative estimate of drug-likeness (QED) is 0.767. The number of rotatable bonds is 1. The Morgan fingerprint density at radius 3 is 2.83 bits per heavy atom.